The molecule has 0 amide bonds. The molecule has 6 heteroatoms. The number of methoxy groups -OCH3 is 2. The highest BCUT2D eigenvalue weighted by Gasteiger charge is 2.49. The Labute approximate surface area is 225 Å². The maximum absolute atomic E-state index is 15.4. The van der Waals surface area contributed by atoms with E-state index in [2.05, 4.69) is 0 Å². The average Bonchev–Trinajstić information content (AvgIpc) is 3.35. The molecule has 3 atom stereocenters. The molecule has 5 rings (SSSR count). The summed E-state index contributed by atoms with van der Waals surface area (Å²) in [6.45, 7) is 0. The summed E-state index contributed by atoms with van der Waals surface area (Å²) >= 11 is 0. The Kier molecular flexibility index (Phi) is 7.98. The summed E-state index contributed by atoms with van der Waals surface area (Å²) in [6.07, 6.45) is 1.38. The maximum atomic E-state index is 15.4. The zero-order valence-corrected chi connectivity index (χ0v) is 23.4. The molecule has 0 aliphatic heterocycles. The summed E-state index contributed by atoms with van der Waals surface area (Å²) < 4.78 is 42.5. The lowest BCUT2D eigenvalue weighted by Gasteiger charge is -2.32. The zero-order chi connectivity index (χ0) is 26.6. The lowest BCUT2D eigenvalue weighted by Crippen LogP contribution is -2.35. The summed E-state index contributed by atoms with van der Waals surface area (Å²) in [4.78, 5) is 0. The van der Waals surface area contributed by atoms with Crippen molar-refractivity contribution in [1.29, 1.82) is 0 Å². The number of hydrogen-bond donors (Lipinski definition) is 0. The molecule has 38 heavy (non-hydrogen) atoms. The van der Waals surface area contributed by atoms with Crippen LogP contribution >= 0.6 is 14.3 Å². The molecular formula is C32H32O4P2. The van der Waals surface area contributed by atoms with Crippen molar-refractivity contribution in [1.82, 2.24) is 0 Å². The highest BCUT2D eigenvalue weighted by molar-refractivity contribution is 7.82. The first-order chi connectivity index (χ1) is 18.5. The fraction of sp³-hybridized carbons (Fsp3) is 0.188. The van der Waals surface area contributed by atoms with E-state index < -0.39 is 32.4 Å². The van der Waals surface area contributed by atoms with Gasteiger partial charge in [0.05, 0.1) is 6.10 Å². The van der Waals surface area contributed by atoms with Gasteiger partial charge in [0, 0.05) is 52.8 Å². The Morgan fingerprint density at radius 2 is 0.974 bits per heavy atom. The van der Waals surface area contributed by atoms with E-state index in [-0.39, 0.29) is 6.16 Å². The minimum atomic E-state index is -3.32. The third kappa shape index (κ3) is 4.79. The van der Waals surface area contributed by atoms with Crippen molar-refractivity contribution in [2.75, 3.05) is 20.4 Å². The molecule has 1 aliphatic rings. The first-order valence-electron chi connectivity index (χ1n) is 12.7. The normalized spacial score (nSPS) is 19.7. The molecular weight excluding hydrogens is 510 g/mol. The molecule has 4 aromatic rings. The lowest BCUT2D eigenvalue weighted by atomic mass is 10.1. The van der Waals surface area contributed by atoms with Crippen molar-refractivity contribution in [3.63, 3.8) is 0 Å². The second kappa shape index (κ2) is 11.4. The Balaban J connectivity index is 1.71. The monoisotopic (exact) mass is 542 g/mol. The highest BCUT2D eigenvalue weighted by Crippen LogP contribution is 2.61. The van der Waals surface area contributed by atoms with Crippen LogP contribution in [0.4, 0.5) is 0 Å². The van der Waals surface area contributed by atoms with E-state index in [0.29, 0.717) is 0 Å². The third-order valence-corrected chi connectivity index (χ3v) is 13.8. The SMILES string of the molecule is CO[C@@H]1[C@@H](OC)C=C(P(=O)(c2ccccc2)c2ccccc2)[C@H]1CP(=O)(c1ccccc1)c1ccccc1. The minimum absolute atomic E-state index is 0.273. The van der Waals surface area contributed by atoms with Gasteiger partial charge in [-0.1, -0.05) is 121 Å². The van der Waals surface area contributed by atoms with Crippen LogP contribution < -0.4 is 21.2 Å². The minimum Gasteiger partial charge on any atom is -0.378 e. The summed E-state index contributed by atoms with van der Waals surface area (Å²) in [5.74, 6) is -0.401. The maximum Gasteiger partial charge on any atom is 0.167 e. The molecule has 0 N–H and O–H groups in total. The second-order valence-corrected chi connectivity index (χ2v) is 15.1. The van der Waals surface area contributed by atoms with Crippen molar-refractivity contribution in [2.24, 2.45) is 5.92 Å². The first-order valence-corrected chi connectivity index (χ1v) is 16.3. The van der Waals surface area contributed by atoms with Crippen LogP contribution in [-0.4, -0.2) is 32.6 Å². The number of hydrogen-bond acceptors (Lipinski definition) is 4. The summed E-state index contributed by atoms with van der Waals surface area (Å²) in [6, 6.07) is 38.4. The van der Waals surface area contributed by atoms with E-state index >= 15 is 9.13 Å². The predicted molar refractivity (Wildman–Crippen MR) is 158 cm³/mol. The Morgan fingerprint density at radius 3 is 1.34 bits per heavy atom. The molecule has 1 aliphatic carbocycles. The molecule has 0 saturated carbocycles. The van der Waals surface area contributed by atoms with Gasteiger partial charge in [-0.3, -0.25) is 0 Å². The molecule has 0 aromatic heterocycles. The van der Waals surface area contributed by atoms with E-state index in [1.807, 2.05) is 127 Å². The van der Waals surface area contributed by atoms with E-state index in [1.54, 1.807) is 14.2 Å². The summed E-state index contributed by atoms with van der Waals surface area (Å²) in [7, 11) is -3.19. The van der Waals surface area contributed by atoms with Crippen LogP contribution in [0.3, 0.4) is 0 Å². The highest BCUT2D eigenvalue weighted by atomic mass is 31.2. The van der Waals surface area contributed by atoms with E-state index in [4.69, 9.17) is 9.47 Å². The Morgan fingerprint density at radius 1 is 0.579 bits per heavy atom. The molecule has 0 fully saturated rings. The van der Waals surface area contributed by atoms with Crippen molar-refractivity contribution in [3.05, 3.63) is 133 Å². The average molecular weight is 543 g/mol. The van der Waals surface area contributed by atoms with Crippen LogP contribution in [0.25, 0.3) is 0 Å². The van der Waals surface area contributed by atoms with Gasteiger partial charge in [0.25, 0.3) is 0 Å². The molecule has 194 valence electrons. The van der Waals surface area contributed by atoms with Crippen LogP contribution in [-0.2, 0) is 18.6 Å². The zero-order valence-electron chi connectivity index (χ0n) is 21.6. The van der Waals surface area contributed by atoms with Gasteiger partial charge in [0.2, 0.25) is 0 Å². The fourth-order valence-corrected chi connectivity index (χ4v) is 11.8. The molecule has 0 unspecified atom stereocenters. The molecule has 0 spiro atoms. The molecule has 0 saturated heterocycles. The van der Waals surface area contributed by atoms with Gasteiger partial charge in [-0.2, -0.15) is 0 Å². The van der Waals surface area contributed by atoms with E-state index in [1.165, 1.54) is 0 Å². The molecule has 0 bridgehead atoms. The van der Waals surface area contributed by atoms with Gasteiger partial charge in [-0.25, -0.2) is 0 Å². The Bertz CT molecular complexity index is 1380. The number of rotatable bonds is 9. The molecule has 4 nitrogen and oxygen atoms in total. The fourth-order valence-electron chi connectivity index (χ4n) is 5.52. The molecule has 0 radical (unpaired) electrons. The second-order valence-electron chi connectivity index (χ2n) is 9.47. The van der Waals surface area contributed by atoms with Crippen LogP contribution in [0.1, 0.15) is 0 Å². The number of ether oxygens (including phenoxy) is 2. The standard InChI is InChI=1S/C32H32O4P2/c1-35-30-23-31(38(34,27-19-11-5-12-20-27)28-21-13-6-14-22-28)29(32(30)36-2)24-37(33,25-15-7-3-8-16-25)26-17-9-4-10-18-26/h3-23,29-30,32H,24H2,1-2H3/t29-,30+,32+/m1/s1. The van der Waals surface area contributed by atoms with Gasteiger partial charge < -0.3 is 18.6 Å². The number of benzene rings is 4. The topological polar surface area (TPSA) is 52.6 Å². The van der Waals surface area contributed by atoms with E-state index in [9.17, 15) is 0 Å². The third-order valence-electron chi connectivity index (χ3n) is 7.38. The van der Waals surface area contributed by atoms with Crippen LogP contribution in [0.5, 0.6) is 0 Å². The van der Waals surface area contributed by atoms with Crippen molar-refractivity contribution in [2.45, 2.75) is 12.2 Å². The van der Waals surface area contributed by atoms with E-state index in [0.717, 1.165) is 26.5 Å². The van der Waals surface area contributed by atoms with Crippen molar-refractivity contribution in [3.8, 4) is 0 Å². The van der Waals surface area contributed by atoms with Crippen LogP contribution in [0, 0.1) is 5.92 Å². The first kappa shape index (κ1) is 26.6. The quantitative estimate of drug-likeness (QED) is 0.260. The van der Waals surface area contributed by atoms with Crippen LogP contribution in [0.15, 0.2) is 133 Å². The molecule has 0 heterocycles. The smallest absolute Gasteiger partial charge is 0.167 e. The van der Waals surface area contributed by atoms with Crippen LogP contribution in [0.2, 0.25) is 0 Å². The molecule has 4 aromatic carbocycles. The van der Waals surface area contributed by atoms with Gasteiger partial charge in [-0.05, 0) is 6.08 Å². The van der Waals surface area contributed by atoms with Gasteiger partial charge in [-0.15, -0.1) is 0 Å². The lowest BCUT2D eigenvalue weighted by molar-refractivity contribution is -0.0191. The van der Waals surface area contributed by atoms with Crippen molar-refractivity contribution >= 4 is 35.5 Å². The van der Waals surface area contributed by atoms with Gasteiger partial charge in [0.1, 0.15) is 13.2 Å². The van der Waals surface area contributed by atoms with Gasteiger partial charge in [0.15, 0.2) is 7.14 Å². The van der Waals surface area contributed by atoms with Gasteiger partial charge >= 0.3 is 0 Å². The Hall–Kier alpha value is -3.00. The largest absolute Gasteiger partial charge is 0.378 e. The summed E-state index contributed by atoms with van der Waals surface area (Å²) in [5, 5.41) is 3.76. The predicted octanol–water partition coefficient (Wildman–Crippen LogP) is 5.56. The van der Waals surface area contributed by atoms with Crippen molar-refractivity contribution < 1.29 is 18.6 Å². The summed E-state index contributed by atoms with van der Waals surface area (Å²) in [5.41, 5.74) is 0.